The van der Waals surface area contributed by atoms with Crippen LogP contribution in [0.3, 0.4) is 0 Å². The lowest BCUT2D eigenvalue weighted by atomic mass is 10.1. The summed E-state index contributed by atoms with van der Waals surface area (Å²) in [6, 6.07) is 5.68. The van der Waals surface area contributed by atoms with Gasteiger partial charge < -0.3 is 4.74 Å². The van der Waals surface area contributed by atoms with Gasteiger partial charge in [-0.3, -0.25) is 4.79 Å². The van der Waals surface area contributed by atoms with Gasteiger partial charge in [-0.1, -0.05) is 35.7 Å². The number of hydrogen-bond acceptors (Lipinski definition) is 3. The molecule has 0 fully saturated rings. The van der Waals surface area contributed by atoms with Gasteiger partial charge in [-0.15, -0.1) is 0 Å². The maximum absolute atomic E-state index is 12.5. The first-order valence-corrected chi connectivity index (χ1v) is 9.20. The van der Waals surface area contributed by atoms with E-state index in [2.05, 4.69) is 28.0 Å². The van der Waals surface area contributed by atoms with Gasteiger partial charge in [0.2, 0.25) is 0 Å². The third kappa shape index (κ3) is 4.47. The largest absolute Gasteiger partial charge is 0.484 e. The van der Waals surface area contributed by atoms with Crippen LogP contribution in [0.2, 0.25) is 0 Å². The van der Waals surface area contributed by atoms with Crippen molar-refractivity contribution in [1.29, 1.82) is 0 Å². The second-order valence-corrected chi connectivity index (χ2v) is 6.97. The van der Waals surface area contributed by atoms with Gasteiger partial charge in [0.15, 0.2) is 6.61 Å². The Morgan fingerprint density at radius 2 is 2.00 bits per heavy atom. The molecule has 2 aromatic rings. The second kappa shape index (κ2) is 8.47. The number of unbranched alkanes of at least 4 members (excludes halogenated alkanes) is 2. The molecular formula is C19H25BrN2O2. The quantitative estimate of drug-likeness (QED) is 0.621. The van der Waals surface area contributed by atoms with Crippen molar-refractivity contribution in [3.05, 3.63) is 45.2 Å². The van der Waals surface area contributed by atoms with Gasteiger partial charge >= 0.3 is 0 Å². The first-order valence-electron chi connectivity index (χ1n) is 8.41. The van der Waals surface area contributed by atoms with Crippen LogP contribution in [0.25, 0.3) is 0 Å². The molecule has 0 aliphatic rings. The number of rotatable bonds is 7. The number of carbonyl (C=O) groups excluding carboxylic acids is 1. The SMILES string of the molecule is CCCCCc1c(C)nn(C(=O)COc2ccc(Br)c(C)c2)c1C. The molecule has 0 aliphatic heterocycles. The molecule has 0 bridgehead atoms. The Bertz CT molecular complexity index is 722. The molecule has 0 saturated carbocycles. The number of benzene rings is 1. The number of aromatic nitrogens is 2. The molecule has 0 saturated heterocycles. The zero-order valence-electron chi connectivity index (χ0n) is 14.9. The van der Waals surface area contributed by atoms with E-state index in [-0.39, 0.29) is 12.5 Å². The van der Waals surface area contributed by atoms with Crippen molar-refractivity contribution in [2.45, 2.75) is 53.4 Å². The highest BCUT2D eigenvalue weighted by molar-refractivity contribution is 9.10. The average molecular weight is 393 g/mol. The van der Waals surface area contributed by atoms with Crippen LogP contribution in [0.4, 0.5) is 0 Å². The monoisotopic (exact) mass is 392 g/mol. The number of halogens is 1. The maximum Gasteiger partial charge on any atom is 0.284 e. The van der Waals surface area contributed by atoms with Gasteiger partial charge in [-0.25, -0.2) is 4.68 Å². The topological polar surface area (TPSA) is 44.1 Å². The Morgan fingerprint density at radius 3 is 2.67 bits per heavy atom. The third-order valence-electron chi connectivity index (χ3n) is 4.20. The zero-order chi connectivity index (χ0) is 17.7. The molecule has 24 heavy (non-hydrogen) atoms. The molecule has 0 radical (unpaired) electrons. The molecule has 0 unspecified atom stereocenters. The van der Waals surface area contributed by atoms with Crippen LogP contribution in [0.5, 0.6) is 5.75 Å². The van der Waals surface area contributed by atoms with E-state index in [0.717, 1.165) is 34.3 Å². The molecular weight excluding hydrogens is 368 g/mol. The summed E-state index contributed by atoms with van der Waals surface area (Å²) in [5, 5.41) is 4.41. The lowest BCUT2D eigenvalue weighted by Crippen LogP contribution is -2.21. The van der Waals surface area contributed by atoms with Crippen molar-refractivity contribution in [2.75, 3.05) is 6.61 Å². The molecule has 1 heterocycles. The highest BCUT2D eigenvalue weighted by atomic mass is 79.9. The predicted molar refractivity (Wildman–Crippen MR) is 99.9 cm³/mol. The lowest BCUT2D eigenvalue weighted by Gasteiger charge is -2.08. The van der Waals surface area contributed by atoms with Crippen molar-refractivity contribution >= 4 is 21.8 Å². The van der Waals surface area contributed by atoms with Crippen LogP contribution in [-0.4, -0.2) is 22.3 Å². The highest BCUT2D eigenvalue weighted by Crippen LogP contribution is 2.22. The zero-order valence-corrected chi connectivity index (χ0v) is 16.4. The van der Waals surface area contributed by atoms with E-state index in [1.807, 2.05) is 39.0 Å². The molecule has 0 atom stereocenters. The van der Waals surface area contributed by atoms with E-state index in [1.54, 1.807) is 0 Å². The van der Waals surface area contributed by atoms with Gasteiger partial charge in [0, 0.05) is 10.2 Å². The van der Waals surface area contributed by atoms with Crippen LogP contribution >= 0.6 is 15.9 Å². The molecule has 1 aromatic heterocycles. The normalized spacial score (nSPS) is 10.9. The van der Waals surface area contributed by atoms with Gasteiger partial charge in [0.05, 0.1) is 5.69 Å². The second-order valence-electron chi connectivity index (χ2n) is 6.11. The Hall–Kier alpha value is -1.62. The molecule has 2 rings (SSSR count). The van der Waals surface area contributed by atoms with E-state index in [9.17, 15) is 4.79 Å². The van der Waals surface area contributed by atoms with Gasteiger partial charge in [-0.2, -0.15) is 5.10 Å². The Labute approximate surface area is 152 Å². The van der Waals surface area contributed by atoms with Crippen LogP contribution in [0.15, 0.2) is 22.7 Å². The van der Waals surface area contributed by atoms with Gasteiger partial charge in [-0.05, 0) is 62.9 Å². The van der Waals surface area contributed by atoms with Crippen LogP contribution < -0.4 is 4.74 Å². The molecule has 4 nitrogen and oxygen atoms in total. The first-order chi connectivity index (χ1) is 11.4. The summed E-state index contributed by atoms with van der Waals surface area (Å²) in [6.07, 6.45) is 4.49. The molecule has 0 N–H and O–H groups in total. The van der Waals surface area contributed by atoms with Gasteiger partial charge in [0.1, 0.15) is 5.75 Å². The van der Waals surface area contributed by atoms with Crippen molar-refractivity contribution in [3.8, 4) is 5.75 Å². The average Bonchev–Trinajstić information content (AvgIpc) is 2.84. The minimum atomic E-state index is -0.141. The summed E-state index contributed by atoms with van der Waals surface area (Å²) >= 11 is 3.46. The third-order valence-corrected chi connectivity index (χ3v) is 5.09. The number of aryl methyl sites for hydroxylation is 2. The fraction of sp³-hybridized carbons (Fsp3) is 0.474. The first kappa shape index (κ1) is 18.7. The summed E-state index contributed by atoms with van der Waals surface area (Å²) < 4.78 is 8.14. The number of nitrogens with zero attached hydrogens (tertiary/aromatic N) is 2. The summed E-state index contributed by atoms with van der Waals surface area (Å²) in [5.41, 5.74) is 4.14. The molecule has 0 aliphatic carbocycles. The molecule has 5 heteroatoms. The van der Waals surface area contributed by atoms with E-state index in [1.165, 1.54) is 23.1 Å². The Morgan fingerprint density at radius 1 is 1.25 bits per heavy atom. The molecule has 0 amide bonds. The lowest BCUT2D eigenvalue weighted by molar-refractivity contribution is 0.0818. The molecule has 0 spiro atoms. The number of hydrogen-bond donors (Lipinski definition) is 0. The van der Waals surface area contributed by atoms with Crippen molar-refractivity contribution in [3.63, 3.8) is 0 Å². The fourth-order valence-electron chi connectivity index (χ4n) is 2.74. The van der Waals surface area contributed by atoms with E-state index >= 15 is 0 Å². The highest BCUT2D eigenvalue weighted by Gasteiger charge is 2.16. The van der Waals surface area contributed by atoms with Crippen molar-refractivity contribution in [1.82, 2.24) is 9.78 Å². The Kier molecular flexibility index (Phi) is 6.60. The van der Waals surface area contributed by atoms with Crippen molar-refractivity contribution < 1.29 is 9.53 Å². The van der Waals surface area contributed by atoms with Gasteiger partial charge in [0.25, 0.3) is 5.91 Å². The summed E-state index contributed by atoms with van der Waals surface area (Å²) in [4.78, 5) is 12.5. The minimum absolute atomic E-state index is 0.0164. The summed E-state index contributed by atoms with van der Waals surface area (Å²) in [6.45, 7) is 8.09. The summed E-state index contributed by atoms with van der Waals surface area (Å²) in [7, 11) is 0. The maximum atomic E-state index is 12.5. The predicted octanol–water partition coefficient (Wildman–Crippen LogP) is 5.02. The molecule has 1 aromatic carbocycles. The van der Waals surface area contributed by atoms with E-state index < -0.39 is 0 Å². The van der Waals surface area contributed by atoms with Crippen molar-refractivity contribution in [2.24, 2.45) is 0 Å². The Balaban J connectivity index is 2.04. The number of carbonyl (C=O) groups is 1. The summed E-state index contributed by atoms with van der Waals surface area (Å²) in [5.74, 6) is 0.548. The standard InChI is InChI=1S/C19H25BrN2O2/c1-5-6-7-8-17-14(3)21-22(15(17)4)19(23)12-24-16-9-10-18(20)13(2)11-16/h9-11H,5-8,12H2,1-4H3. The smallest absolute Gasteiger partial charge is 0.284 e. The van der Waals surface area contributed by atoms with E-state index in [0.29, 0.717) is 5.75 Å². The molecule has 130 valence electrons. The van der Waals surface area contributed by atoms with Crippen LogP contribution in [0, 0.1) is 20.8 Å². The van der Waals surface area contributed by atoms with Crippen LogP contribution in [0.1, 0.15) is 53.5 Å². The van der Waals surface area contributed by atoms with E-state index in [4.69, 9.17) is 4.74 Å². The minimum Gasteiger partial charge on any atom is -0.484 e. The fourth-order valence-corrected chi connectivity index (χ4v) is 2.99. The van der Waals surface area contributed by atoms with Crippen LogP contribution in [-0.2, 0) is 6.42 Å². The number of ether oxygens (including phenoxy) is 1.